The molecule has 0 aromatic heterocycles. The number of carboxylic acids is 1. The van der Waals surface area contributed by atoms with Crippen molar-refractivity contribution in [2.24, 2.45) is 0 Å². The number of hydrogen-bond donors (Lipinski definition) is 3. The number of carboxylic acid groups (broad SMARTS) is 1. The van der Waals surface area contributed by atoms with Crippen molar-refractivity contribution in [3.63, 3.8) is 0 Å². The molecule has 0 saturated carbocycles. The number of benzene rings is 2. The summed E-state index contributed by atoms with van der Waals surface area (Å²) in [7, 11) is 0. The topological polar surface area (TPSA) is 84.2 Å². The molecule has 0 radical (unpaired) electrons. The summed E-state index contributed by atoms with van der Waals surface area (Å²) in [6.45, 7) is 6.61. The van der Waals surface area contributed by atoms with Crippen LogP contribution in [0, 0.1) is 0 Å². The molecule has 1 saturated heterocycles. The van der Waals surface area contributed by atoms with Gasteiger partial charge in [0.15, 0.2) is 11.5 Å². The first-order valence-corrected chi connectivity index (χ1v) is 10.4. The van der Waals surface area contributed by atoms with Crippen LogP contribution < -0.4 is 4.90 Å². The zero-order valence-corrected chi connectivity index (χ0v) is 16.9. The number of aliphatic carboxylic acids is 1. The third-order valence-electron chi connectivity index (χ3n) is 5.11. The maximum atomic E-state index is 11.8. The molecule has 1 aliphatic heterocycles. The Hall–Kier alpha value is -2.38. The standard InChI is InChI=1S/C21H26N2O4S/c1-3-22(4-2)16-8-5-14(6-9-16)12-23-17(21(26)27)13-28-20(23)15-7-10-18(24)19(25)11-15/h5-11,17,20,24-25H,3-4,12-13H2,1-2H3,(H,26,27). The molecular formula is C21H26N2O4S. The van der Waals surface area contributed by atoms with Crippen molar-refractivity contribution < 1.29 is 20.1 Å². The second-order valence-corrected chi connectivity index (χ2v) is 7.91. The largest absolute Gasteiger partial charge is 0.504 e. The van der Waals surface area contributed by atoms with Gasteiger partial charge in [-0.15, -0.1) is 11.8 Å². The summed E-state index contributed by atoms with van der Waals surface area (Å²) in [5.74, 6) is -0.752. The Morgan fingerprint density at radius 1 is 1.11 bits per heavy atom. The first-order valence-electron chi connectivity index (χ1n) is 9.40. The van der Waals surface area contributed by atoms with Crippen LogP contribution in [0.4, 0.5) is 5.69 Å². The second kappa shape index (κ2) is 8.75. The highest BCUT2D eigenvalue weighted by Gasteiger charge is 2.39. The molecule has 2 aromatic rings. The summed E-state index contributed by atoms with van der Waals surface area (Å²) < 4.78 is 0. The van der Waals surface area contributed by atoms with Gasteiger partial charge in [0, 0.05) is 31.1 Å². The van der Waals surface area contributed by atoms with E-state index in [-0.39, 0.29) is 16.9 Å². The molecule has 150 valence electrons. The molecule has 1 heterocycles. The molecule has 1 fully saturated rings. The van der Waals surface area contributed by atoms with E-state index in [1.807, 2.05) is 17.0 Å². The van der Waals surface area contributed by atoms with Gasteiger partial charge >= 0.3 is 5.97 Å². The van der Waals surface area contributed by atoms with E-state index >= 15 is 0 Å². The van der Waals surface area contributed by atoms with Crippen molar-refractivity contribution in [2.45, 2.75) is 31.8 Å². The van der Waals surface area contributed by atoms with E-state index < -0.39 is 12.0 Å². The fraction of sp³-hybridized carbons (Fsp3) is 0.381. The average Bonchev–Trinajstić information content (AvgIpc) is 3.10. The number of phenols is 2. The molecule has 0 bridgehead atoms. The van der Waals surface area contributed by atoms with Crippen LogP contribution in [0.3, 0.4) is 0 Å². The number of aromatic hydroxyl groups is 2. The van der Waals surface area contributed by atoms with Crippen molar-refractivity contribution in [3.05, 3.63) is 53.6 Å². The van der Waals surface area contributed by atoms with E-state index in [0.29, 0.717) is 12.3 Å². The maximum Gasteiger partial charge on any atom is 0.321 e. The Kier molecular flexibility index (Phi) is 6.36. The van der Waals surface area contributed by atoms with Crippen LogP contribution in [0.2, 0.25) is 0 Å². The summed E-state index contributed by atoms with van der Waals surface area (Å²) >= 11 is 1.53. The lowest BCUT2D eigenvalue weighted by Crippen LogP contribution is -2.38. The fourth-order valence-electron chi connectivity index (χ4n) is 3.54. The van der Waals surface area contributed by atoms with E-state index in [9.17, 15) is 20.1 Å². The second-order valence-electron chi connectivity index (χ2n) is 6.80. The van der Waals surface area contributed by atoms with Gasteiger partial charge in [0.25, 0.3) is 0 Å². The lowest BCUT2D eigenvalue weighted by molar-refractivity contribution is -0.142. The first-order chi connectivity index (χ1) is 13.4. The van der Waals surface area contributed by atoms with Gasteiger partial charge in [-0.25, -0.2) is 0 Å². The molecule has 2 aromatic carbocycles. The van der Waals surface area contributed by atoms with Crippen molar-refractivity contribution in [3.8, 4) is 11.5 Å². The maximum absolute atomic E-state index is 11.8. The molecule has 1 aliphatic rings. The predicted octanol–water partition coefficient (Wildman–Crippen LogP) is 3.64. The van der Waals surface area contributed by atoms with Crippen LogP contribution in [0.15, 0.2) is 42.5 Å². The number of carbonyl (C=O) groups is 1. The molecule has 3 rings (SSSR count). The van der Waals surface area contributed by atoms with E-state index in [2.05, 4.69) is 30.9 Å². The van der Waals surface area contributed by atoms with Crippen LogP contribution in [0.1, 0.15) is 30.3 Å². The molecule has 28 heavy (non-hydrogen) atoms. The van der Waals surface area contributed by atoms with Crippen molar-refractivity contribution in [1.29, 1.82) is 0 Å². The van der Waals surface area contributed by atoms with Crippen molar-refractivity contribution in [1.82, 2.24) is 4.90 Å². The monoisotopic (exact) mass is 402 g/mol. The smallest absolute Gasteiger partial charge is 0.321 e. The van der Waals surface area contributed by atoms with Gasteiger partial charge in [0.2, 0.25) is 0 Å². The molecule has 0 amide bonds. The number of phenolic OH excluding ortho intramolecular Hbond substituents is 2. The summed E-state index contributed by atoms with van der Waals surface area (Å²) in [6, 6.07) is 12.3. The summed E-state index contributed by atoms with van der Waals surface area (Å²) in [5.41, 5.74) is 2.97. The van der Waals surface area contributed by atoms with E-state index in [4.69, 9.17) is 0 Å². The molecule has 6 nitrogen and oxygen atoms in total. The lowest BCUT2D eigenvalue weighted by Gasteiger charge is -2.28. The molecule has 0 aliphatic carbocycles. The zero-order chi connectivity index (χ0) is 20.3. The Bertz CT molecular complexity index is 824. The van der Waals surface area contributed by atoms with Crippen LogP contribution >= 0.6 is 11.8 Å². The molecule has 0 spiro atoms. The number of rotatable bonds is 7. The van der Waals surface area contributed by atoms with Crippen LogP contribution in [-0.2, 0) is 11.3 Å². The van der Waals surface area contributed by atoms with Gasteiger partial charge in [0.05, 0.1) is 5.37 Å². The first kappa shape index (κ1) is 20.4. The Morgan fingerprint density at radius 3 is 2.36 bits per heavy atom. The molecule has 2 atom stereocenters. The SMILES string of the molecule is CCN(CC)c1ccc(CN2C(C(=O)O)CSC2c2ccc(O)c(O)c2)cc1. The molecule has 7 heteroatoms. The van der Waals surface area contributed by atoms with Crippen LogP contribution in [-0.4, -0.2) is 51.1 Å². The Balaban J connectivity index is 1.84. The van der Waals surface area contributed by atoms with Gasteiger partial charge in [0.1, 0.15) is 6.04 Å². The third kappa shape index (κ3) is 4.20. The number of hydrogen-bond acceptors (Lipinski definition) is 6. The summed E-state index contributed by atoms with van der Waals surface area (Å²) in [5, 5.41) is 28.9. The summed E-state index contributed by atoms with van der Waals surface area (Å²) in [6.07, 6.45) is 0. The Morgan fingerprint density at radius 2 is 1.79 bits per heavy atom. The predicted molar refractivity (Wildman–Crippen MR) is 112 cm³/mol. The number of thioether (sulfide) groups is 1. The number of nitrogens with zero attached hydrogens (tertiary/aromatic N) is 2. The van der Waals surface area contributed by atoms with Crippen molar-refractivity contribution >= 4 is 23.4 Å². The Labute approximate surface area is 169 Å². The quantitative estimate of drug-likeness (QED) is 0.610. The highest BCUT2D eigenvalue weighted by atomic mass is 32.2. The van der Waals surface area contributed by atoms with E-state index in [0.717, 1.165) is 29.9 Å². The average molecular weight is 403 g/mol. The van der Waals surface area contributed by atoms with Gasteiger partial charge in [-0.1, -0.05) is 18.2 Å². The van der Waals surface area contributed by atoms with Crippen LogP contribution in [0.5, 0.6) is 11.5 Å². The van der Waals surface area contributed by atoms with Gasteiger partial charge in [-0.05, 0) is 49.2 Å². The summed E-state index contributed by atoms with van der Waals surface area (Å²) in [4.78, 5) is 16.0. The van der Waals surface area contributed by atoms with Crippen molar-refractivity contribution in [2.75, 3.05) is 23.7 Å². The number of anilines is 1. The lowest BCUT2D eigenvalue weighted by atomic mass is 10.1. The molecule has 2 unspecified atom stereocenters. The molecule has 3 N–H and O–H groups in total. The zero-order valence-electron chi connectivity index (χ0n) is 16.1. The third-order valence-corrected chi connectivity index (χ3v) is 6.48. The normalized spacial score (nSPS) is 19.6. The van der Waals surface area contributed by atoms with E-state index in [1.165, 1.54) is 23.9 Å². The minimum atomic E-state index is -0.849. The van der Waals surface area contributed by atoms with Gasteiger partial charge in [-0.3, -0.25) is 9.69 Å². The highest BCUT2D eigenvalue weighted by Crippen LogP contribution is 2.44. The van der Waals surface area contributed by atoms with Gasteiger partial charge in [-0.2, -0.15) is 0 Å². The van der Waals surface area contributed by atoms with Crippen LogP contribution in [0.25, 0.3) is 0 Å². The minimum Gasteiger partial charge on any atom is -0.504 e. The fourth-order valence-corrected chi connectivity index (χ4v) is 4.99. The van der Waals surface area contributed by atoms with Gasteiger partial charge < -0.3 is 20.2 Å². The van der Waals surface area contributed by atoms with E-state index in [1.54, 1.807) is 6.07 Å². The molecular weight excluding hydrogens is 376 g/mol. The minimum absolute atomic E-state index is 0.180. The highest BCUT2D eigenvalue weighted by molar-refractivity contribution is 7.99.